The Labute approximate surface area is 171 Å². The van der Waals surface area contributed by atoms with Crippen molar-refractivity contribution < 1.29 is 21.6 Å². The summed E-state index contributed by atoms with van der Waals surface area (Å²) < 4.78 is 52.5. The first kappa shape index (κ1) is 22.9. The third-order valence-corrected chi connectivity index (χ3v) is 6.02. The lowest BCUT2D eigenvalue weighted by Gasteiger charge is -2.20. The van der Waals surface area contributed by atoms with Crippen LogP contribution < -0.4 is 14.8 Å². The van der Waals surface area contributed by atoms with Gasteiger partial charge in [0.1, 0.15) is 0 Å². The molecular weight excluding hydrogens is 414 g/mol. The molecule has 0 aliphatic heterocycles. The number of benzene rings is 2. The molecule has 0 spiro atoms. The van der Waals surface area contributed by atoms with Gasteiger partial charge in [-0.15, -0.1) is 0 Å². The van der Waals surface area contributed by atoms with E-state index < -0.39 is 31.5 Å². The average molecular weight is 440 g/mol. The van der Waals surface area contributed by atoms with E-state index in [4.69, 9.17) is 0 Å². The number of sulfonamides is 2. The van der Waals surface area contributed by atoms with Crippen LogP contribution in [0.25, 0.3) is 0 Å². The molecule has 0 atom stereocenters. The van der Waals surface area contributed by atoms with Gasteiger partial charge in [0, 0.05) is 16.8 Å². The number of nitrogens with one attached hydrogen (secondary N) is 3. The summed E-state index contributed by atoms with van der Waals surface area (Å²) in [5.74, 6) is -0.452. The fourth-order valence-corrected chi connectivity index (χ4v) is 4.50. The molecule has 2 rings (SSSR count). The molecule has 0 bridgehead atoms. The number of anilines is 2. The number of rotatable bonds is 6. The van der Waals surface area contributed by atoms with Gasteiger partial charge < -0.3 is 5.32 Å². The third-order valence-electron chi connectivity index (χ3n) is 3.66. The predicted octanol–water partition coefficient (Wildman–Crippen LogP) is 2.70. The van der Waals surface area contributed by atoms with Gasteiger partial charge in [0.15, 0.2) is 0 Å². The molecule has 0 aliphatic rings. The smallest absolute Gasteiger partial charge is 0.255 e. The molecule has 10 heteroatoms. The minimum absolute atomic E-state index is 0.0546. The minimum atomic E-state index is -3.69. The molecule has 3 N–H and O–H groups in total. The standard InChI is InChI=1S/C19H25N3O5S2/c1-13-6-9-15(12-17(13)21-28(5,24)25)20-18(23)14-7-10-16(11-8-14)29(26,27)22-19(2,3)4/h6-12,21-22H,1-5H3,(H,20,23). The molecule has 0 unspecified atom stereocenters. The highest BCUT2D eigenvalue weighted by atomic mass is 32.2. The van der Waals surface area contributed by atoms with Crippen molar-refractivity contribution in [1.82, 2.24) is 4.72 Å². The highest BCUT2D eigenvalue weighted by Gasteiger charge is 2.22. The molecule has 0 saturated heterocycles. The van der Waals surface area contributed by atoms with E-state index >= 15 is 0 Å². The number of carbonyl (C=O) groups is 1. The predicted molar refractivity (Wildman–Crippen MR) is 114 cm³/mol. The van der Waals surface area contributed by atoms with Crippen molar-refractivity contribution in [3.05, 3.63) is 53.6 Å². The molecule has 8 nitrogen and oxygen atoms in total. The second-order valence-electron chi connectivity index (χ2n) is 7.74. The lowest BCUT2D eigenvalue weighted by molar-refractivity contribution is 0.102. The molecule has 0 fully saturated rings. The Morgan fingerprint density at radius 2 is 1.52 bits per heavy atom. The van der Waals surface area contributed by atoms with Crippen molar-refractivity contribution in [3.63, 3.8) is 0 Å². The average Bonchev–Trinajstić information content (AvgIpc) is 2.54. The Morgan fingerprint density at radius 1 is 0.931 bits per heavy atom. The zero-order valence-corrected chi connectivity index (χ0v) is 18.5. The molecule has 0 radical (unpaired) electrons. The zero-order valence-electron chi connectivity index (χ0n) is 16.9. The number of aryl methyl sites for hydroxylation is 1. The van der Waals surface area contributed by atoms with Gasteiger partial charge in [-0.05, 0) is 69.7 Å². The van der Waals surface area contributed by atoms with Gasteiger partial charge in [-0.2, -0.15) is 0 Å². The Morgan fingerprint density at radius 3 is 2.03 bits per heavy atom. The number of amides is 1. The quantitative estimate of drug-likeness (QED) is 0.639. The van der Waals surface area contributed by atoms with Crippen LogP contribution in [-0.2, 0) is 20.0 Å². The SMILES string of the molecule is Cc1ccc(NC(=O)c2ccc(S(=O)(=O)NC(C)(C)C)cc2)cc1NS(C)(=O)=O. The van der Waals surface area contributed by atoms with Crippen LogP contribution >= 0.6 is 0 Å². The monoisotopic (exact) mass is 439 g/mol. The van der Waals surface area contributed by atoms with Crippen molar-refractivity contribution in [2.24, 2.45) is 0 Å². The largest absolute Gasteiger partial charge is 0.322 e. The Hall–Kier alpha value is -2.43. The van der Waals surface area contributed by atoms with E-state index in [1.807, 2.05) is 0 Å². The van der Waals surface area contributed by atoms with Crippen molar-refractivity contribution in [3.8, 4) is 0 Å². The third kappa shape index (κ3) is 6.84. The number of carbonyl (C=O) groups excluding carboxylic acids is 1. The van der Waals surface area contributed by atoms with Gasteiger partial charge in [-0.3, -0.25) is 9.52 Å². The summed E-state index contributed by atoms with van der Waals surface area (Å²) in [5, 5.41) is 2.67. The van der Waals surface area contributed by atoms with Crippen LogP contribution in [0, 0.1) is 6.92 Å². The molecule has 158 valence electrons. The summed E-state index contributed by atoms with van der Waals surface area (Å²) >= 11 is 0. The van der Waals surface area contributed by atoms with E-state index in [0.29, 0.717) is 16.9 Å². The summed E-state index contributed by atoms with van der Waals surface area (Å²) in [6.45, 7) is 6.95. The Bertz CT molecular complexity index is 1120. The summed E-state index contributed by atoms with van der Waals surface area (Å²) in [7, 11) is -7.15. The van der Waals surface area contributed by atoms with E-state index in [9.17, 15) is 21.6 Å². The highest BCUT2D eigenvalue weighted by molar-refractivity contribution is 7.92. The molecule has 2 aromatic rings. The van der Waals surface area contributed by atoms with Crippen molar-refractivity contribution in [1.29, 1.82) is 0 Å². The van der Waals surface area contributed by atoms with Gasteiger partial charge in [-0.25, -0.2) is 21.6 Å². The van der Waals surface area contributed by atoms with Gasteiger partial charge in [0.2, 0.25) is 20.0 Å². The molecule has 0 heterocycles. The van der Waals surface area contributed by atoms with Crippen LogP contribution in [0.2, 0.25) is 0 Å². The molecule has 0 aliphatic carbocycles. The van der Waals surface area contributed by atoms with Crippen LogP contribution in [0.5, 0.6) is 0 Å². The summed E-state index contributed by atoms with van der Waals surface area (Å²) in [6.07, 6.45) is 1.04. The van der Waals surface area contributed by atoms with Crippen molar-refractivity contribution >= 4 is 37.3 Å². The van der Waals surface area contributed by atoms with E-state index in [1.165, 1.54) is 30.3 Å². The van der Waals surface area contributed by atoms with Gasteiger partial charge >= 0.3 is 0 Å². The molecule has 1 amide bonds. The van der Waals surface area contributed by atoms with Gasteiger partial charge in [0.25, 0.3) is 5.91 Å². The first-order valence-electron chi connectivity index (χ1n) is 8.70. The lowest BCUT2D eigenvalue weighted by atomic mass is 10.1. The van der Waals surface area contributed by atoms with Crippen LogP contribution in [0.4, 0.5) is 11.4 Å². The zero-order chi connectivity index (χ0) is 22.0. The molecule has 29 heavy (non-hydrogen) atoms. The van der Waals surface area contributed by atoms with Crippen LogP contribution in [0.3, 0.4) is 0 Å². The van der Waals surface area contributed by atoms with E-state index in [1.54, 1.807) is 39.8 Å². The highest BCUT2D eigenvalue weighted by Crippen LogP contribution is 2.22. The van der Waals surface area contributed by atoms with Gasteiger partial charge in [0.05, 0.1) is 16.8 Å². The summed E-state index contributed by atoms with van der Waals surface area (Å²) in [6, 6.07) is 10.4. The maximum absolute atomic E-state index is 12.5. The number of hydrogen-bond donors (Lipinski definition) is 3. The minimum Gasteiger partial charge on any atom is -0.322 e. The molecule has 0 aromatic heterocycles. The van der Waals surface area contributed by atoms with Crippen molar-refractivity contribution in [2.75, 3.05) is 16.3 Å². The summed E-state index contributed by atoms with van der Waals surface area (Å²) in [5.41, 5.74) is 1.10. The maximum Gasteiger partial charge on any atom is 0.255 e. The first-order chi connectivity index (χ1) is 13.2. The Kier molecular flexibility index (Phi) is 6.41. The fraction of sp³-hybridized carbons (Fsp3) is 0.316. The second kappa shape index (κ2) is 8.13. The van der Waals surface area contributed by atoms with Crippen LogP contribution in [0.15, 0.2) is 47.4 Å². The van der Waals surface area contributed by atoms with Crippen LogP contribution in [0.1, 0.15) is 36.7 Å². The molecule has 2 aromatic carbocycles. The first-order valence-corrected chi connectivity index (χ1v) is 12.1. The second-order valence-corrected chi connectivity index (χ2v) is 11.2. The molecule has 0 saturated carbocycles. The lowest BCUT2D eigenvalue weighted by Crippen LogP contribution is -2.40. The number of hydrogen-bond acceptors (Lipinski definition) is 5. The van der Waals surface area contributed by atoms with E-state index in [2.05, 4.69) is 14.8 Å². The topological polar surface area (TPSA) is 121 Å². The van der Waals surface area contributed by atoms with Crippen LogP contribution in [-0.4, -0.2) is 34.5 Å². The normalized spacial score (nSPS) is 12.4. The molecular formula is C19H25N3O5S2. The van der Waals surface area contributed by atoms with E-state index in [-0.39, 0.29) is 10.5 Å². The van der Waals surface area contributed by atoms with Crippen molar-refractivity contribution in [2.45, 2.75) is 38.1 Å². The fourth-order valence-electron chi connectivity index (χ4n) is 2.46. The van der Waals surface area contributed by atoms with E-state index in [0.717, 1.165) is 6.26 Å². The maximum atomic E-state index is 12.5. The summed E-state index contributed by atoms with van der Waals surface area (Å²) in [4.78, 5) is 12.5. The Balaban J connectivity index is 2.19. The van der Waals surface area contributed by atoms with Gasteiger partial charge in [-0.1, -0.05) is 6.07 Å².